The third kappa shape index (κ3) is 1.81. The van der Waals surface area contributed by atoms with Crippen molar-refractivity contribution in [3.05, 3.63) is 35.3 Å². The highest BCUT2D eigenvalue weighted by atomic mass is 32.1. The first-order valence-electron chi connectivity index (χ1n) is 4.42. The zero-order valence-electron chi connectivity index (χ0n) is 7.84. The Kier molecular flexibility index (Phi) is 2.56. The Bertz CT molecular complexity index is 408. The van der Waals surface area contributed by atoms with Crippen molar-refractivity contribution < 1.29 is 0 Å². The van der Waals surface area contributed by atoms with Gasteiger partial charge >= 0.3 is 0 Å². The lowest BCUT2D eigenvalue weighted by Gasteiger charge is -1.95. The van der Waals surface area contributed by atoms with Gasteiger partial charge in [0.15, 0.2) is 0 Å². The lowest BCUT2D eigenvalue weighted by atomic mass is 10.2. The molecule has 1 atom stereocenters. The second-order valence-corrected chi connectivity index (χ2v) is 4.11. The van der Waals surface area contributed by atoms with E-state index in [4.69, 9.17) is 5.73 Å². The maximum Gasteiger partial charge on any atom is 0.147 e. The molecule has 2 rings (SSSR count). The summed E-state index contributed by atoms with van der Waals surface area (Å²) >= 11 is 1.55. The molecule has 0 saturated heterocycles. The van der Waals surface area contributed by atoms with Gasteiger partial charge in [0.05, 0.1) is 6.04 Å². The average molecular weight is 205 g/mol. The molecule has 0 aliphatic rings. The topological polar surface area (TPSA) is 51.8 Å². The van der Waals surface area contributed by atoms with Gasteiger partial charge < -0.3 is 5.73 Å². The molecule has 1 heterocycles. The predicted octanol–water partition coefficient (Wildman–Crippen LogP) is 2.22. The lowest BCUT2D eigenvalue weighted by molar-refractivity contribution is 0.786. The van der Waals surface area contributed by atoms with Gasteiger partial charge in [0.1, 0.15) is 10.0 Å². The number of hydrogen-bond acceptors (Lipinski definition) is 4. The average Bonchev–Trinajstić information content (AvgIpc) is 2.68. The highest BCUT2D eigenvalue weighted by Crippen LogP contribution is 2.25. The van der Waals surface area contributed by atoms with Crippen LogP contribution in [0.3, 0.4) is 0 Å². The molecule has 0 aliphatic heterocycles. The molecule has 2 aromatic rings. The Morgan fingerprint density at radius 2 is 1.93 bits per heavy atom. The molecule has 0 spiro atoms. The summed E-state index contributed by atoms with van der Waals surface area (Å²) in [7, 11) is 0. The Hall–Kier alpha value is -1.26. The molecule has 14 heavy (non-hydrogen) atoms. The van der Waals surface area contributed by atoms with Crippen LogP contribution >= 0.6 is 11.3 Å². The number of rotatable bonds is 2. The summed E-state index contributed by atoms with van der Waals surface area (Å²) in [6.07, 6.45) is 0. The largest absolute Gasteiger partial charge is 0.322 e. The van der Waals surface area contributed by atoms with Crippen LogP contribution in [0.2, 0.25) is 0 Å². The van der Waals surface area contributed by atoms with Gasteiger partial charge in [-0.25, -0.2) is 0 Å². The van der Waals surface area contributed by atoms with Crippen LogP contribution in [0, 0.1) is 0 Å². The molecule has 0 fully saturated rings. The number of nitrogens with zero attached hydrogens (tertiary/aromatic N) is 2. The first-order chi connectivity index (χ1) is 6.77. The summed E-state index contributed by atoms with van der Waals surface area (Å²) in [5, 5.41) is 9.94. The Morgan fingerprint density at radius 1 is 1.21 bits per heavy atom. The van der Waals surface area contributed by atoms with Crippen LogP contribution in [-0.2, 0) is 0 Å². The van der Waals surface area contributed by atoms with Crippen LogP contribution in [0.5, 0.6) is 0 Å². The van der Waals surface area contributed by atoms with Crippen molar-refractivity contribution >= 4 is 11.3 Å². The van der Waals surface area contributed by atoms with Crippen molar-refractivity contribution in [2.24, 2.45) is 5.73 Å². The van der Waals surface area contributed by atoms with E-state index in [9.17, 15) is 0 Å². The molecule has 0 bridgehead atoms. The Labute approximate surface area is 86.6 Å². The fraction of sp³-hybridized carbons (Fsp3) is 0.200. The van der Waals surface area contributed by atoms with Crippen molar-refractivity contribution in [3.63, 3.8) is 0 Å². The molecular weight excluding hydrogens is 194 g/mol. The smallest absolute Gasteiger partial charge is 0.147 e. The van der Waals surface area contributed by atoms with Crippen molar-refractivity contribution in [1.29, 1.82) is 0 Å². The molecule has 2 N–H and O–H groups in total. The molecule has 0 unspecified atom stereocenters. The standard InChI is InChI=1S/C10H11N3S/c1-7(11)9-12-13-10(14-9)8-5-3-2-4-6-8/h2-7H,11H2,1H3/t7-/m1/s1. The van der Waals surface area contributed by atoms with E-state index in [1.165, 1.54) is 0 Å². The van der Waals surface area contributed by atoms with E-state index >= 15 is 0 Å². The van der Waals surface area contributed by atoms with E-state index in [1.54, 1.807) is 11.3 Å². The van der Waals surface area contributed by atoms with Crippen molar-refractivity contribution in [2.75, 3.05) is 0 Å². The maximum atomic E-state index is 5.71. The normalized spacial score (nSPS) is 12.7. The van der Waals surface area contributed by atoms with Crippen LogP contribution in [0.4, 0.5) is 0 Å². The Morgan fingerprint density at radius 3 is 2.50 bits per heavy atom. The highest BCUT2D eigenvalue weighted by molar-refractivity contribution is 7.14. The van der Waals surface area contributed by atoms with Gasteiger partial charge in [0.2, 0.25) is 0 Å². The van der Waals surface area contributed by atoms with Crippen LogP contribution in [-0.4, -0.2) is 10.2 Å². The number of aromatic nitrogens is 2. The fourth-order valence-electron chi connectivity index (χ4n) is 1.12. The van der Waals surface area contributed by atoms with Crippen LogP contribution in [0.15, 0.2) is 30.3 Å². The van der Waals surface area contributed by atoms with Gasteiger partial charge in [-0.15, -0.1) is 10.2 Å². The highest BCUT2D eigenvalue weighted by Gasteiger charge is 2.08. The van der Waals surface area contributed by atoms with Gasteiger partial charge in [-0.05, 0) is 6.92 Å². The van der Waals surface area contributed by atoms with Gasteiger partial charge in [-0.1, -0.05) is 41.7 Å². The number of nitrogens with two attached hydrogens (primary N) is 1. The molecule has 0 aliphatic carbocycles. The quantitative estimate of drug-likeness (QED) is 0.818. The van der Waals surface area contributed by atoms with E-state index in [1.807, 2.05) is 37.3 Å². The predicted molar refractivity (Wildman–Crippen MR) is 57.9 cm³/mol. The SMILES string of the molecule is C[C@@H](N)c1nnc(-c2ccccc2)s1. The van der Waals surface area contributed by atoms with E-state index in [-0.39, 0.29) is 6.04 Å². The fourth-order valence-corrected chi connectivity index (χ4v) is 1.92. The summed E-state index contributed by atoms with van der Waals surface area (Å²) in [4.78, 5) is 0. The molecule has 0 saturated carbocycles. The van der Waals surface area contributed by atoms with Crippen LogP contribution in [0.1, 0.15) is 18.0 Å². The molecule has 0 amide bonds. The molecule has 72 valence electrons. The van der Waals surface area contributed by atoms with Gasteiger partial charge in [0.25, 0.3) is 0 Å². The van der Waals surface area contributed by atoms with Crippen LogP contribution in [0.25, 0.3) is 10.6 Å². The molecule has 1 aromatic heterocycles. The molecule has 4 heteroatoms. The maximum absolute atomic E-state index is 5.71. The summed E-state index contributed by atoms with van der Waals surface area (Å²) in [6.45, 7) is 1.91. The van der Waals surface area contributed by atoms with E-state index in [0.717, 1.165) is 15.6 Å². The summed E-state index contributed by atoms with van der Waals surface area (Å²) < 4.78 is 0. The lowest BCUT2D eigenvalue weighted by Crippen LogP contribution is -2.03. The second-order valence-electron chi connectivity index (χ2n) is 3.10. The van der Waals surface area contributed by atoms with Gasteiger partial charge in [-0.2, -0.15) is 0 Å². The minimum atomic E-state index is -0.0371. The first kappa shape index (κ1) is 9.30. The van der Waals surface area contributed by atoms with Crippen molar-refractivity contribution in [3.8, 4) is 10.6 Å². The van der Waals surface area contributed by atoms with Crippen molar-refractivity contribution in [2.45, 2.75) is 13.0 Å². The minimum absolute atomic E-state index is 0.0371. The number of benzene rings is 1. The van der Waals surface area contributed by atoms with E-state index in [2.05, 4.69) is 10.2 Å². The van der Waals surface area contributed by atoms with Gasteiger partial charge in [0, 0.05) is 5.56 Å². The van der Waals surface area contributed by atoms with E-state index < -0.39 is 0 Å². The third-order valence-electron chi connectivity index (χ3n) is 1.85. The molecule has 1 aromatic carbocycles. The zero-order chi connectivity index (χ0) is 9.97. The Balaban J connectivity index is 2.34. The molecule has 0 radical (unpaired) electrons. The van der Waals surface area contributed by atoms with Crippen molar-refractivity contribution in [1.82, 2.24) is 10.2 Å². The molecule has 3 nitrogen and oxygen atoms in total. The second kappa shape index (κ2) is 3.86. The molecular formula is C10H11N3S. The van der Waals surface area contributed by atoms with E-state index in [0.29, 0.717) is 0 Å². The zero-order valence-corrected chi connectivity index (χ0v) is 8.66. The summed E-state index contributed by atoms with van der Waals surface area (Å²) in [5.74, 6) is 0. The van der Waals surface area contributed by atoms with Crippen LogP contribution < -0.4 is 5.73 Å². The monoisotopic (exact) mass is 205 g/mol. The van der Waals surface area contributed by atoms with Gasteiger partial charge in [-0.3, -0.25) is 0 Å². The minimum Gasteiger partial charge on any atom is -0.322 e. The third-order valence-corrected chi connectivity index (χ3v) is 3.02. The first-order valence-corrected chi connectivity index (χ1v) is 5.23. The number of hydrogen-bond donors (Lipinski definition) is 1. The summed E-state index contributed by atoms with van der Waals surface area (Å²) in [6, 6.07) is 9.96. The summed E-state index contributed by atoms with van der Waals surface area (Å²) in [5.41, 5.74) is 6.81.